The maximum absolute atomic E-state index is 7.76. The van der Waals surface area contributed by atoms with Crippen LogP contribution in [0.1, 0.15) is 47.0 Å². The molecule has 0 aromatic heterocycles. The molecule has 2 nitrogen and oxygen atoms in total. The summed E-state index contributed by atoms with van der Waals surface area (Å²) in [5.41, 5.74) is 0.884. The second-order valence-corrected chi connectivity index (χ2v) is 8.31. The molecule has 0 unspecified atom stereocenters. The standard InChI is InChI=1S/C13H27NOS2/c1-11(2)12(14)7-6-10-16-17-13(3,4)8-9-15-5/h11,14H,6-10H2,1-5H3. The molecule has 0 bridgehead atoms. The quantitative estimate of drug-likeness (QED) is 0.359. The van der Waals surface area contributed by atoms with Gasteiger partial charge in [0.15, 0.2) is 0 Å². The Morgan fingerprint density at radius 3 is 2.53 bits per heavy atom. The highest BCUT2D eigenvalue weighted by molar-refractivity contribution is 8.77. The average molecular weight is 277 g/mol. The molecule has 102 valence electrons. The minimum absolute atomic E-state index is 0.284. The number of rotatable bonds is 10. The number of nitrogens with one attached hydrogen (secondary N) is 1. The SMILES string of the molecule is COCCC(C)(C)SSCCCC(=N)C(C)C. The Bertz CT molecular complexity index is 217. The van der Waals surface area contributed by atoms with E-state index in [1.165, 1.54) is 0 Å². The first kappa shape index (κ1) is 17.3. The number of hydrogen-bond acceptors (Lipinski definition) is 4. The summed E-state index contributed by atoms with van der Waals surface area (Å²) in [5.74, 6) is 1.54. The molecular weight excluding hydrogens is 250 g/mol. The van der Waals surface area contributed by atoms with Crippen molar-refractivity contribution < 1.29 is 4.74 Å². The monoisotopic (exact) mass is 277 g/mol. The van der Waals surface area contributed by atoms with Crippen LogP contribution in [0.5, 0.6) is 0 Å². The topological polar surface area (TPSA) is 33.1 Å². The fourth-order valence-corrected chi connectivity index (χ4v) is 3.84. The molecule has 0 aromatic rings. The van der Waals surface area contributed by atoms with Gasteiger partial charge in [0.1, 0.15) is 0 Å². The molecule has 0 aliphatic heterocycles. The lowest BCUT2D eigenvalue weighted by atomic mass is 10.0. The minimum atomic E-state index is 0.284. The van der Waals surface area contributed by atoms with Gasteiger partial charge in [0.05, 0.1) is 0 Å². The number of hydrogen-bond donors (Lipinski definition) is 1. The van der Waals surface area contributed by atoms with Crippen LogP contribution in [0, 0.1) is 11.3 Å². The Labute approximate surface area is 115 Å². The summed E-state index contributed by atoms with van der Waals surface area (Å²) in [5, 5.41) is 7.76. The number of ether oxygens (including phenoxy) is 1. The van der Waals surface area contributed by atoms with Crippen molar-refractivity contribution >= 4 is 27.3 Å². The molecule has 1 N–H and O–H groups in total. The molecule has 0 aromatic carbocycles. The maximum atomic E-state index is 7.76. The minimum Gasteiger partial charge on any atom is -0.385 e. The fourth-order valence-electron chi connectivity index (χ4n) is 1.20. The molecule has 0 fully saturated rings. The van der Waals surface area contributed by atoms with Crippen molar-refractivity contribution in [2.24, 2.45) is 5.92 Å². The van der Waals surface area contributed by atoms with Crippen LogP contribution in [-0.2, 0) is 4.74 Å². The lowest BCUT2D eigenvalue weighted by molar-refractivity contribution is 0.187. The summed E-state index contributed by atoms with van der Waals surface area (Å²) in [6.07, 6.45) is 3.15. The molecule has 0 saturated heterocycles. The van der Waals surface area contributed by atoms with E-state index in [2.05, 4.69) is 27.7 Å². The van der Waals surface area contributed by atoms with E-state index in [0.717, 1.165) is 37.3 Å². The molecule has 0 saturated carbocycles. The zero-order chi connectivity index (χ0) is 13.3. The van der Waals surface area contributed by atoms with Crippen molar-refractivity contribution in [2.75, 3.05) is 19.5 Å². The smallest absolute Gasteiger partial charge is 0.0475 e. The van der Waals surface area contributed by atoms with E-state index in [1.54, 1.807) is 7.11 Å². The summed E-state index contributed by atoms with van der Waals surface area (Å²) < 4.78 is 5.40. The van der Waals surface area contributed by atoms with Gasteiger partial charge >= 0.3 is 0 Å². The molecule has 0 amide bonds. The van der Waals surface area contributed by atoms with Crippen molar-refractivity contribution in [3.05, 3.63) is 0 Å². The largest absolute Gasteiger partial charge is 0.385 e. The van der Waals surface area contributed by atoms with E-state index in [4.69, 9.17) is 10.1 Å². The second kappa shape index (κ2) is 9.29. The van der Waals surface area contributed by atoms with Crippen LogP contribution >= 0.6 is 21.6 Å². The van der Waals surface area contributed by atoms with Crippen molar-refractivity contribution in [1.29, 1.82) is 5.41 Å². The van der Waals surface area contributed by atoms with Gasteiger partial charge in [0.25, 0.3) is 0 Å². The molecule has 4 heteroatoms. The highest BCUT2D eigenvalue weighted by Gasteiger charge is 2.18. The molecule has 0 radical (unpaired) electrons. The van der Waals surface area contributed by atoms with Crippen LogP contribution in [-0.4, -0.2) is 29.9 Å². The average Bonchev–Trinajstić information content (AvgIpc) is 2.25. The predicted octanol–water partition coefficient (Wildman–Crippen LogP) is 4.64. The van der Waals surface area contributed by atoms with Gasteiger partial charge in [-0.3, -0.25) is 0 Å². The Balaban J connectivity index is 3.53. The molecule has 17 heavy (non-hydrogen) atoms. The Hall–Kier alpha value is 0.330. The molecule has 0 aliphatic rings. The molecule has 0 rings (SSSR count). The molecule has 0 atom stereocenters. The Morgan fingerprint density at radius 1 is 1.35 bits per heavy atom. The zero-order valence-electron chi connectivity index (χ0n) is 11.8. The lowest BCUT2D eigenvalue weighted by Crippen LogP contribution is -2.16. The Kier molecular flexibility index (Phi) is 9.47. The highest BCUT2D eigenvalue weighted by atomic mass is 33.1. The van der Waals surface area contributed by atoms with Crippen LogP contribution < -0.4 is 0 Å². The van der Waals surface area contributed by atoms with Gasteiger partial charge in [-0.2, -0.15) is 0 Å². The highest BCUT2D eigenvalue weighted by Crippen LogP contribution is 2.38. The first-order chi connectivity index (χ1) is 7.89. The van der Waals surface area contributed by atoms with Gasteiger partial charge in [-0.05, 0) is 39.0 Å². The van der Waals surface area contributed by atoms with E-state index >= 15 is 0 Å². The molecule has 0 spiro atoms. The van der Waals surface area contributed by atoms with Gasteiger partial charge in [0.2, 0.25) is 0 Å². The van der Waals surface area contributed by atoms with E-state index < -0.39 is 0 Å². The van der Waals surface area contributed by atoms with Crippen LogP contribution in [0.25, 0.3) is 0 Å². The van der Waals surface area contributed by atoms with Crippen molar-refractivity contribution in [3.8, 4) is 0 Å². The van der Waals surface area contributed by atoms with E-state index in [-0.39, 0.29) is 4.75 Å². The lowest BCUT2D eigenvalue weighted by Gasteiger charge is -2.22. The molecular formula is C13H27NOS2. The Morgan fingerprint density at radius 2 is 2.00 bits per heavy atom. The zero-order valence-corrected chi connectivity index (χ0v) is 13.5. The van der Waals surface area contributed by atoms with Gasteiger partial charge in [0, 0.05) is 29.9 Å². The normalized spacial score (nSPS) is 12.1. The van der Waals surface area contributed by atoms with Crippen molar-refractivity contribution in [2.45, 2.75) is 51.7 Å². The van der Waals surface area contributed by atoms with Crippen molar-refractivity contribution in [3.63, 3.8) is 0 Å². The van der Waals surface area contributed by atoms with Gasteiger partial charge in [-0.15, -0.1) is 0 Å². The fraction of sp³-hybridized carbons (Fsp3) is 0.923. The van der Waals surface area contributed by atoms with Crippen LogP contribution in [0.3, 0.4) is 0 Å². The van der Waals surface area contributed by atoms with E-state index in [1.807, 2.05) is 21.6 Å². The van der Waals surface area contributed by atoms with Gasteiger partial charge < -0.3 is 10.1 Å². The summed E-state index contributed by atoms with van der Waals surface area (Å²) in [4.78, 5) is 0. The van der Waals surface area contributed by atoms with E-state index in [0.29, 0.717) is 5.92 Å². The predicted molar refractivity (Wildman–Crippen MR) is 82.4 cm³/mol. The third kappa shape index (κ3) is 9.98. The first-order valence-electron chi connectivity index (χ1n) is 6.26. The summed E-state index contributed by atoms with van der Waals surface area (Å²) in [6, 6.07) is 0. The first-order valence-corrected chi connectivity index (χ1v) is 8.58. The summed E-state index contributed by atoms with van der Waals surface area (Å²) in [7, 11) is 5.63. The number of methoxy groups -OCH3 is 1. The summed E-state index contributed by atoms with van der Waals surface area (Å²) in [6.45, 7) is 9.55. The van der Waals surface area contributed by atoms with Gasteiger partial charge in [-0.25, -0.2) is 0 Å². The van der Waals surface area contributed by atoms with Crippen LogP contribution in [0.15, 0.2) is 0 Å². The van der Waals surface area contributed by atoms with Crippen LogP contribution in [0.4, 0.5) is 0 Å². The third-order valence-electron chi connectivity index (χ3n) is 2.56. The van der Waals surface area contributed by atoms with Gasteiger partial charge in [-0.1, -0.05) is 35.4 Å². The molecule has 0 aliphatic carbocycles. The molecule has 0 heterocycles. The maximum Gasteiger partial charge on any atom is 0.0475 e. The van der Waals surface area contributed by atoms with Crippen molar-refractivity contribution in [1.82, 2.24) is 0 Å². The third-order valence-corrected chi connectivity index (χ3v) is 6.00. The van der Waals surface area contributed by atoms with Crippen LogP contribution in [0.2, 0.25) is 0 Å². The van der Waals surface area contributed by atoms with E-state index in [9.17, 15) is 0 Å². The second-order valence-electron chi connectivity index (χ2n) is 5.19. The summed E-state index contributed by atoms with van der Waals surface area (Å²) >= 11 is 0.